The molecule has 146 valence electrons. The molecule has 0 amide bonds. The Kier molecular flexibility index (Phi) is 7.61. The van der Waals surface area contributed by atoms with Gasteiger partial charge in [0, 0.05) is 22.2 Å². The van der Waals surface area contributed by atoms with Gasteiger partial charge in [-0.25, -0.2) is 0 Å². The Labute approximate surface area is 176 Å². The first-order valence-corrected chi connectivity index (χ1v) is 9.90. The summed E-state index contributed by atoms with van der Waals surface area (Å²) in [6.07, 6.45) is 0.820. The summed E-state index contributed by atoms with van der Waals surface area (Å²) < 4.78 is 11.6. The average molecular weight is 416 g/mol. The number of nitrogens with one attached hydrogen (secondary N) is 1. The summed E-state index contributed by atoms with van der Waals surface area (Å²) in [5.41, 5.74) is 3.24. The number of halogens is 2. The predicted octanol–water partition coefficient (Wildman–Crippen LogP) is 5.91. The number of rotatable bonds is 9. The third kappa shape index (κ3) is 5.65. The molecule has 0 fully saturated rings. The van der Waals surface area contributed by atoms with Crippen LogP contribution in [0.5, 0.6) is 11.5 Å². The topological polar surface area (TPSA) is 30.5 Å². The number of methoxy groups -OCH3 is 1. The SMILES string of the molecule is COc1cccc(CNCCc2ccc(Cl)cc2Cl)c1OCc1ccccc1. The van der Waals surface area contributed by atoms with Crippen LogP contribution in [-0.4, -0.2) is 13.7 Å². The molecule has 0 aliphatic carbocycles. The zero-order valence-corrected chi connectivity index (χ0v) is 17.3. The minimum atomic E-state index is 0.495. The van der Waals surface area contributed by atoms with Crippen LogP contribution in [0, 0.1) is 0 Å². The highest BCUT2D eigenvalue weighted by atomic mass is 35.5. The van der Waals surface area contributed by atoms with Crippen LogP contribution in [0.15, 0.2) is 66.7 Å². The van der Waals surface area contributed by atoms with Crippen LogP contribution in [-0.2, 0) is 19.6 Å². The lowest BCUT2D eigenvalue weighted by molar-refractivity contribution is 0.280. The van der Waals surface area contributed by atoms with Crippen LogP contribution in [0.4, 0.5) is 0 Å². The predicted molar refractivity (Wildman–Crippen MR) is 116 cm³/mol. The first kappa shape index (κ1) is 20.5. The van der Waals surface area contributed by atoms with Gasteiger partial charge in [-0.2, -0.15) is 0 Å². The Morgan fingerprint density at radius 3 is 2.46 bits per heavy atom. The third-order valence-corrected chi connectivity index (χ3v) is 4.99. The van der Waals surface area contributed by atoms with Crippen LogP contribution in [0.3, 0.4) is 0 Å². The molecule has 0 spiro atoms. The normalized spacial score (nSPS) is 10.7. The highest BCUT2D eigenvalue weighted by molar-refractivity contribution is 6.35. The Balaban J connectivity index is 1.61. The molecule has 0 saturated carbocycles. The zero-order chi connectivity index (χ0) is 19.8. The van der Waals surface area contributed by atoms with Crippen molar-refractivity contribution < 1.29 is 9.47 Å². The number of para-hydroxylation sites is 1. The van der Waals surface area contributed by atoms with E-state index in [-0.39, 0.29) is 0 Å². The lowest BCUT2D eigenvalue weighted by Gasteiger charge is -2.16. The van der Waals surface area contributed by atoms with Gasteiger partial charge in [-0.3, -0.25) is 0 Å². The largest absolute Gasteiger partial charge is 0.493 e. The molecule has 3 rings (SSSR count). The maximum Gasteiger partial charge on any atom is 0.166 e. The number of ether oxygens (including phenoxy) is 2. The number of benzene rings is 3. The van der Waals surface area contributed by atoms with Gasteiger partial charge >= 0.3 is 0 Å². The van der Waals surface area contributed by atoms with E-state index in [1.165, 1.54) is 0 Å². The van der Waals surface area contributed by atoms with E-state index in [1.807, 2.05) is 60.7 Å². The second kappa shape index (κ2) is 10.4. The number of hydrogen-bond donors (Lipinski definition) is 1. The highest BCUT2D eigenvalue weighted by Gasteiger charge is 2.11. The first-order valence-electron chi connectivity index (χ1n) is 9.14. The number of hydrogen-bond acceptors (Lipinski definition) is 3. The Bertz CT molecular complexity index is 900. The van der Waals surface area contributed by atoms with E-state index in [2.05, 4.69) is 5.32 Å². The zero-order valence-electron chi connectivity index (χ0n) is 15.8. The molecular weight excluding hydrogens is 393 g/mol. The molecule has 3 aromatic rings. The van der Waals surface area contributed by atoms with Crippen molar-refractivity contribution in [2.75, 3.05) is 13.7 Å². The van der Waals surface area contributed by atoms with Crippen molar-refractivity contribution in [1.82, 2.24) is 5.32 Å². The molecular formula is C23H23Cl2NO2. The van der Waals surface area contributed by atoms with Crippen LogP contribution < -0.4 is 14.8 Å². The Hall–Kier alpha value is -2.20. The van der Waals surface area contributed by atoms with Crippen molar-refractivity contribution in [1.29, 1.82) is 0 Å². The summed E-state index contributed by atoms with van der Waals surface area (Å²) in [4.78, 5) is 0. The fourth-order valence-electron chi connectivity index (χ4n) is 2.93. The van der Waals surface area contributed by atoms with Gasteiger partial charge in [0.15, 0.2) is 11.5 Å². The molecule has 0 aliphatic rings. The molecule has 0 radical (unpaired) electrons. The smallest absolute Gasteiger partial charge is 0.166 e. The van der Waals surface area contributed by atoms with Crippen molar-refractivity contribution in [3.8, 4) is 11.5 Å². The first-order chi connectivity index (χ1) is 13.7. The van der Waals surface area contributed by atoms with Crippen molar-refractivity contribution >= 4 is 23.2 Å². The minimum Gasteiger partial charge on any atom is -0.493 e. The molecule has 3 nitrogen and oxygen atoms in total. The van der Waals surface area contributed by atoms with E-state index < -0.39 is 0 Å². The van der Waals surface area contributed by atoms with Gasteiger partial charge in [0.25, 0.3) is 0 Å². The van der Waals surface area contributed by atoms with Gasteiger partial charge < -0.3 is 14.8 Å². The molecule has 0 atom stereocenters. The van der Waals surface area contributed by atoms with Crippen LogP contribution >= 0.6 is 23.2 Å². The molecule has 0 aliphatic heterocycles. The van der Waals surface area contributed by atoms with Crippen LogP contribution in [0.25, 0.3) is 0 Å². The molecule has 0 unspecified atom stereocenters. The maximum absolute atomic E-state index is 6.24. The Morgan fingerprint density at radius 1 is 0.893 bits per heavy atom. The average Bonchev–Trinajstić information content (AvgIpc) is 2.72. The van der Waals surface area contributed by atoms with E-state index in [4.69, 9.17) is 32.7 Å². The van der Waals surface area contributed by atoms with Crippen molar-refractivity contribution in [3.63, 3.8) is 0 Å². The maximum atomic E-state index is 6.24. The van der Waals surface area contributed by atoms with Crippen LogP contribution in [0.1, 0.15) is 16.7 Å². The monoisotopic (exact) mass is 415 g/mol. The fraction of sp³-hybridized carbons (Fsp3) is 0.217. The Morgan fingerprint density at radius 2 is 1.71 bits per heavy atom. The van der Waals surface area contributed by atoms with Gasteiger partial charge in [0.05, 0.1) is 7.11 Å². The summed E-state index contributed by atoms with van der Waals surface area (Å²) in [6, 6.07) is 21.6. The van der Waals surface area contributed by atoms with Gasteiger partial charge in [-0.05, 0) is 42.3 Å². The van der Waals surface area contributed by atoms with Crippen molar-refractivity contribution in [3.05, 3.63) is 93.5 Å². The molecule has 5 heteroatoms. The molecule has 1 N–H and O–H groups in total. The second-order valence-corrected chi connectivity index (χ2v) is 7.23. The summed E-state index contributed by atoms with van der Waals surface area (Å²) >= 11 is 12.2. The van der Waals surface area contributed by atoms with Gasteiger partial charge in [0.2, 0.25) is 0 Å². The standard InChI is InChI=1S/C23H23Cl2NO2/c1-27-22-9-5-8-19(23(22)28-16-17-6-3-2-4-7-17)15-26-13-12-18-10-11-20(24)14-21(18)25/h2-11,14,26H,12-13,15-16H2,1H3. The highest BCUT2D eigenvalue weighted by Crippen LogP contribution is 2.32. The molecule has 0 heterocycles. The third-order valence-electron chi connectivity index (χ3n) is 4.41. The molecule has 0 aromatic heterocycles. The van der Waals surface area contributed by atoms with Crippen LogP contribution in [0.2, 0.25) is 10.0 Å². The molecule has 28 heavy (non-hydrogen) atoms. The quantitative estimate of drug-likeness (QED) is 0.440. The lowest BCUT2D eigenvalue weighted by atomic mass is 10.1. The molecule has 0 saturated heterocycles. The van der Waals surface area contributed by atoms with E-state index in [0.717, 1.165) is 41.2 Å². The summed E-state index contributed by atoms with van der Waals surface area (Å²) in [7, 11) is 1.66. The summed E-state index contributed by atoms with van der Waals surface area (Å²) in [5, 5.41) is 4.80. The van der Waals surface area contributed by atoms with Gasteiger partial charge in [0.1, 0.15) is 6.61 Å². The van der Waals surface area contributed by atoms with Gasteiger partial charge in [-0.15, -0.1) is 0 Å². The van der Waals surface area contributed by atoms with Crippen molar-refractivity contribution in [2.24, 2.45) is 0 Å². The molecule has 0 bridgehead atoms. The van der Waals surface area contributed by atoms with E-state index >= 15 is 0 Å². The van der Waals surface area contributed by atoms with E-state index in [1.54, 1.807) is 13.2 Å². The minimum absolute atomic E-state index is 0.495. The van der Waals surface area contributed by atoms with E-state index in [0.29, 0.717) is 23.2 Å². The summed E-state index contributed by atoms with van der Waals surface area (Å²) in [6.45, 7) is 1.96. The lowest BCUT2D eigenvalue weighted by Crippen LogP contribution is -2.17. The van der Waals surface area contributed by atoms with Crippen molar-refractivity contribution in [2.45, 2.75) is 19.6 Å². The summed E-state index contributed by atoms with van der Waals surface area (Å²) in [5.74, 6) is 1.50. The molecule has 3 aromatic carbocycles. The second-order valence-electron chi connectivity index (χ2n) is 6.39. The van der Waals surface area contributed by atoms with E-state index in [9.17, 15) is 0 Å². The van der Waals surface area contributed by atoms with Gasteiger partial charge in [-0.1, -0.05) is 71.7 Å². The fourth-order valence-corrected chi connectivity index (χ4v) is 3.43.